The molecule has 0 fully saturated rings. The summed E-state index contributed by atoms with van der Waals surface area (Å²) < 4.78 is 41.3. The summed E-state index contributed by atoms with van der Waals surface area (Å²) in [5.41, 5.74) is 1.79. The van der Waals surface area contributed by atoms with Crippen LogP contribution in [0.15, 0.2) is 48.5 Å². The van der Waals surface area contributed by atoms with Gasteiger partial charge in [0, 0.05) is 39.5 Å². The summed E-state index contributed by atoms with van der Waals surface area (Å²) >= 11 is 0. The number of para-hydroxylation sites is 1. The van der Waals surface area contributed by atoms with Gasteiger partial charge < -0.3 is 27.6 Å². The molecule has 0 aliphatic carbocycles. The number of rotatable bonds is 11. The lowest BCUT2D eigenvalue weighted by Gasteiger charge is -2.29. The van der Waals surface area contributed by atoms with E-state index in [1.165, 1.54) is 0 Å². The normalized spacial score (nSPS) is 18.9. The van der Waals surface area contributed by atoms with Crippen molar-refractivity contribution < 1.29 is 32.2 Å². The molecule has 30 heavy (non-hydrogen) atoms. The fourth-order valence-electron chi connectivity index (χ4n) is 3.61. The first-order valence-electron chi connectivity index (χ1n) is 9.86. The lowest BCUT2D eigenvalue weighted by molar-refractivity contribution is 0.0447. The topological polar surface area (TPSA) is 83.5 Å². The van der Waals surface area contributed by atoms with Crippen molar-refractivity contribution >= 4 is 21.5 Å². The Kier molecular flexibility index (Phi) is 7.87. The van der Waals surface area contributed by atoms with Gasteiger partial charge in [0.25, 0.3) is 7.37 Å². The molecule has 9 heteroatoms. The fourth-order valence-corrected chi connectivity index (χ4v) is 7.68. The van der Waals surface area contributed by atoms with Gasteiger partial charge in [0.1, 0.15) is 5.75 Å². The maximum atomic E-state index is 13.7. The molecule has 2 unspecified atom stereocenters. The first-order chi connectivity index (χ1) is 14.5. The van der Waals surface area contributed by atoms with Crippen LogP contribution in [0.25, 0.3) is 11.1 Å². The third kappa shape index (κ3) is 5.03. The second-order valence-electron chi connectivity index (χ2n) is 7.09. The molecule has 0 amide bonds. The van der Waals surface area contributed by atoms with E-state index in [2.05, 4.69) is 0 Å². The lowest BCUT2D eigenvalue weighted by atomic mass is 10.0. The van der Waals surface area contributed by atoms with Crippen LogP contribution in [-0.4, -0.2) is 60.7 Å². The summed E-state index contributed by atoms with van der Waals surface area (Å²) in [4.78, 5) is 0. The van der Waals surface area contributed by atoms with Crippen LogP contribution in [-0.2, 0) is 22.6 Å². The van der Waals surface area contributed by atoms with Gasteiger partial charge in [-0.1, -0.05) is 36.4 Å². The molecule has 0 saturated carbocycles. The summed E-state index contributed by atoms with van der Waals surface area (Å²) in [7, 11) is -1.18. The number of ether oxygens (including phenoxy) is 1. The minimum Gasteiger partial charge on any atom is -0.439 e. The van der Waals surface area contributed by atoms with E-state index in [0.717, 1.165) is 11.1 Å². The Morgan fingerprint density at radius 3 is 2.33 bits per heavy atom. The fraction of sp³-hybridized carbons (Fsp3) is 0.429. The van der Waals surface area contributed by atoms with Crippen LogP contribution in [0, 0.1) is 0 Å². The van der Waals surface area contributed by atoms with Crippen LogP contribution >= 0.6 is 7.37 Å². The summed E-state index contributed by atoms with van der Waals surface area (Å²) in [6.07, 6.45) is -0.257. The zero-order chi connectivity index (χ0) is 21.6. The Bertz CT molecular complexity index is 879. The predicted octanol–water partition coefficient (Wildman–Crippen LogP) is 3.30. The highest BCUT2D eigenvalue weighted by molar-refractivity contribution is 7.67. The van der Waals surface area contributed by atoms with Crippen molar-refractivity contribution in [3.05, 3.63) is 48.5 Å². The van der Waals surface area contributed by atoms with Crippen LogP contribution in [0.1, 0.15) is 6.42 Å². The largest absolute Gasteiger partial charge is 0.500 e. The molecule has 0 bridgehead atoms. The molecule has 0 spiro atoms. The van der Waals surface area contributed by atoms with Gasteiger partial charge in [0.15, 0.2) is 0 Å². The second kappa shape index (κ2) is 10.2. The van der Waals surface area contributed by atoms with Crippen molar-refractivity contribution in [2.75, 3.05) is 40.7 Å². The lowest BCUT2D eigenvalue weighted by Crippen LogP contribution is -2.42. The van der Waals surface area contributed by atoms with Gasteiger partial charge >= 0.3 is 8.80 Å². The highest BCUT2D eigenvalue weighted by Crippen LogP contribution is 2.54. The summed E-state index contributed by atoms with van der Waals surface area (Å²) in [5, 5.41) is 11.1. The molecule has 164 valence electrons. The Morgan fingerprint density at radius 2 is 1.63 bits per heavy atom. The molecule has 2 aromatic rings. The molecular weight excluding hydrogens is 423 g/mol. The highest BCUT2D eigenvalue weighted by atomic mass is 31.2. The summed E-state index contributed by atoms with van der Waals surface area (Å²) in [6, 6.07) is 15.6. The van der Waals surface area contributed by atoms with E-state index in [4.69, 9.17) is 22.5 Å². The van der Waals surface area contributed by atoms with Crippen LogP contribution < -0.4 is 9.83 Å². The Labute approximate surface area is 178 Å². The number of hydrogen-bond donors (Lipinski definition) is 1. The molecule has 3 rings (SSSR count). The molecule has 1 aliphatic rings. The van der Waals surface area contributed by atoms with Crippen molar-refractivity contribution in [1.82, 2.24) is 0 Å². The van der Waals surface area contributed by atoms with Gasteiger partial charge in [-0.3, -0.25) is 4.57 Å². The molecule has 0 aromatic heterocycles. The molecule has 2 atom stereocenters. The average Bonchev–Trinajstić information content (AvgIpc) is 2.77. The standard InChI is InChI=1S/C21H29O7PSi/c1-24-30(25-2,26-3)14-8-13-27-15-17(22)16-29(23)21-12-7-5-10-19(21)18-9-4-6-11-20(18)28-29/h4-7,9-12,17,22H,8,13-16H2,1-3H3. The van der Waals surface area contributed by atoms with Crippen LogP contribution in [0.3, 0.4) is 0 Å². The van der Waals surface area contributed by atoms with Crippen LogP contribution in [0.2, 0.25) is 6.04 Å². The highest BCUT2D eigenvalue weighted by Gasteiger charge is 2.38. The van der Waals surface area contributed by atoms with E-state index >= 15 is 0 Å². The van der Waals surface area contributed by atoms with Crippen molar-refractivity contribution in [3.63, 3.8) is 0 Å². The number of fused-ring (bicyclic) bond motifs is 3. The molecular formula is C21H29O7PSi. The zero-order valence-corrected chi connectivity index (χ0v) is 19.5. The van der Waals surface area contributed by atoms with E-state index < -0.39 is 22.3 Å². The van der Waals surface area contributed by atoms with Crippen molar-refractivity contribution in [3.8, 4) is 16.9 Å². The van der Waals surface area contributed by atoms with Gasteiger partial charge in [-0.05, 0) is 24.1 Å². The minimum absolute atomic E-state index is 0.00868. The van der Waals surface area contributed by atoms with Crippen molar-refractivity contribution in [2.45, 2.75) is 18.6 Å². The smallest absolute Gasteiger partial charge is 0.439 e. The van der Waals surface area contributed by atoms with E-state index in [1.54, 1.807) is 27.4 Å². The number of hydrogen-bond acceptors (Lipinski definition) is 7. The van der Waals surface area contributed by atoms with Gasteiger partial charge in [-0.2, -0.15) is 0 Å². The molecule has 2 aromatic carbocycles. The molecule has 1 heterocycles. The number of aliphatic hydroxyl groups excluding tert-OH is 1. The van der Waals surface area contributed by atoms with Gasteiger partial charge in [0.05, 0.1) is 24.2 Å². The molecule has 1 aliphatic heterocycles. The van der Waals surface area contributed by atoms with E-state index in [1.807, 2.05) is 42.5 Å². The second-order valence-corrected chi connectivity index (χ2v) is 12.6. The first-order valence-corrected chi connectivity index (χ1v) is 13.6. The average molecular weight is 453 g/mol. The van der Waals surface area contributed by atoms with Gasteiger partial charge in [0.2, 0.25) is 0 Å². The van der Waals surface area contributed by atoms with E-state index in [-0.39, 0.29) is 12.8 Å². The molecule has 0 radical (unpaired) electrons. The number of benzene rings is 2. The Hall–Kier alpha value is -1.51. The minimum atomic E-state index is -3.27. The van der Waals surface area contributed by atoms with Gasteiger partial charge in [-0.15, -0.1) is 0 Å². The zero-order valence-electron chi connectivity index (χ0n) is 17.6. The first kappa shape index (κ1) is 23.2. The maximum Gasteiger partial charge on any atom is 0.500 e. The molecule has 0 saturated heterocycles. The van der Waals surface area contributed by atoms with Crippen LogP contribution in [0.4, 0.5) is 0 Å². The predicted molar refractivity (Wildman–Crippen MR) is 118 cm³/mol. The van der Waals surface area contributed by atoms with Gasteiger partial charge in [-0.25, -0.2) is 0 Å². The quantitative estimate of drug-likeness (QED) is 0.318. The van der Waals surface area contributed by atoms with Crippen molar-refractivity contribution in [1.29, 1.82) is 0 Å². The monoisotopic (exact) mass is 452 g/mol. The SMILES string of the molecule is CO[Si](CCCOCC(O)CP1(=O)Oc2ccccc2-c2ccccc21)(OC)OC. The maximum absolute atomic E-state index is 13.7. The van der Waals surface area contributed by atoms with E-state index in [0.29, 0.717) is 30.1 Å². The third-order valence-electron chi connectivity index (χ3n) is 5.16. The summed E-state index contributed by atoms with van der Waals surface area (Å²) in [6.45, 7) is 0.477. The summed E-state index contributed by atoms with van der Waals surface area (Å²) in [5.74, 6) is 0.577. The third-order valence-corrected chi connectivity index (χ3v) is 10.5. The molecule has 7 nitrogen and oxygen atoms in total. The number of aliphatic hydroxyl groups is 1. The van der Waals surface area contributed by atoms with Crippen LogP contribution in [0.5, 0.6) is 5.75 Å². The molecule has 1 N–H and O–H groups in total. The van der Waals surface area contributed by atoms with Crippen molar-refractivity contribution in [2.24, 2.45) is 0 Å². The van der Waals surface area contributed by atoms with E-state index in [9.17, 15) is 9.67 Å². The Morgan fingerprint density at radius 1 is 1.00 bits per heavy atom. The Balaban J connectivity index is 1.58.